The number of benzene rings is 1. The summed E-state index contributed by atoms with van der Waals surface area (Å²) in [6.07, 6.45) is 2.39. The number of carbonyl (C=O) groups excluding carboxylic acids is 1. The first-order chi connectivity index (χ1) is 9.54. The zero-order valence-electron chi connectivity index (χ0n) is 12.3. The average Bonchev–Trinajstić information content (AvgIpc) is 2.46. The number of fused-ring (bicyclic) bond motifs is 1. The smallest absolute Gasteiger partial charge is 0.311 e. The summed E-state index contributed by atoms with van der Waals surface area (Å²) in [7, 11) is 2.99. The lowest BCUT2D eigenvalue weighted by Gasteiger charge is -2.38. The molecular formula is C16H22O4. The summed E-state index contributed by atoms with van der Waals surface area (Å²) in [5.41, 5.74) is 1.25. The standard InChI is InChI=1S/C16H22O4/c1-4-14(15(17)20-3)16(18)8-7-11-5-6-13(19-2)9-12(11)10-16/h5-6,9,14,18H,4,7-8,10H2,1-3H3. The number of methoxy groups -OCH3 is 2. The number of carbonyl (C=O) groups is 1. The Balaban J connectivity index is 2.29. The van der Waals surface area contributed by atoms with Gasteiger partial charge in [0.05, 0.1) is 25.7 Å². The first kappa shape index (κ1) is 14.9. The third-order valence-corrected chi connectivity index (χ3v) is 4.28. The van der Waals surface area contributed by atoms with E-state index in [9.17, 15) is 9.90 Å². The van der Waals surface area contributed by atoms with Crippen molar-refractivity contribution >= 4 is 5.97 Å². The van der Waals surface area contributed by atoms with Crippen LogP contribution in [0.15, 0.2) is 18.2 Å². The Morgan fingerprint density at radius 2 is 2.15 bits per heavy atom. The molecule has 2 rings (SSSR count). The Kier molecular flexibility index (Phi) is 4.33. The highest BCUT2D eigenvalue weighted by molar-refractivity contribution is 5.74. The number of ether oxygens (including phenoxy) is 2. The zero-order valence-corrected chi connectivity index (χ0v) is 12.3. The topological polar surface area (TPSA) is 55.8 Å². The number of aliphatic hydroxyl groups is 1. The van der Waals surface area contributed by atoms with Gasteiger partial charge < -0.3 is 14.6 Å². The summed E-state index contributed by atoms with van der Waals surface area (Å²) in [5.74, 6) is -0.0349. The Bertz CT molecular complexity index is 497. The third-order valence-electron chi connectivity index (χ3n) is 4.28. The molecule has 110 valence electrons. The van der Waals surface area contributed by atoms with Gasteiger partial charge in [-0.05, 0) is 42.5 Å². The molecule has 1 N–H and O–H groups in total. The van der Waals surface area contributed by atoms with Crippen LogP contribution in [0.3, 0.4) is 0 Å². The summed E-state index contributed by atoms with van der Waals surface area (Å²) in [4.78, 5) is 11.9. The Labute approximate surface area is 119 Å². The quantitative estimate of drug-likeness (QED) is 0.857. The van der Waals surface area contributed by atoms with Crippen molar-refractivity contribution in [3.63, 3.8) is 0 Å². The minimum absolute atomic E-state index is 0.332. The second-order valence-corrected chi connectivity index (χ2v) is 5.40. The molecule has 1 aliphatic carbocycles. The molecule has 4 heteroatoms. The lowest BCUT2D eigenvalue weighted by atomic mass is 9.72. The number of rotatable bonds is 4. The molecule has 0 aromatic heterocycles. The molecule has 2 unspecified atom stereocenters. The molecule has 0 fully saturated rings. The van der Waals surface area contributed by atoms with Gasteiger partial charge in [-0.15, -0.1) is 0 Å². The van der Waals surface area contributed by atoms with Crippen LogP contribution >= 0.6 is 0 Å². The highest BCUT2D eigenvalue weighted by atomic mass is 16.5. The van der Waals surface area contributed by atoms with E-state index < -0.39 is 11.5 Å². The van der Waals surface area contributed by atoms with Gasteiger partial charge in [0, 0.05) is 6.42 Å². The molecule has 0 bridgehead atoms. The zero-order chi connectivity index (χ0) is 14.8. The Morgan fingerprint density at radius 3 is 2.75 bits per heavy atom. The molecule has 0 saturated carbocycles. The van der Waals surface area contributed by atoms with Crippen molar-refractivity contribution in [2.45, 2.75) is 38.2 Å². The average molecular weight is 278 g/mol. The van der Waals surface area contributed by atoms with Gasteiger partial charge in [-0.1, -0.05) is 13.0 Å². The maximum absolute atomic E-state index is 11.9. The van der Waals surface area contributed by atoms with E-state index in [1.54, 1.807) is 7.11 Å². The van der Waals surface area contributed by atoms with Gasteiger partial charge in [0.25, 0.3) is 0 Å². The Hall–Kier alpha value is -1.55. The van der Waals surface area contributed by atoms with Crippen molar-refractivity contribution < 1.29 is 19.4 Å². The van der Waals surface area contributed by atoms with Gasteiger partial charge >= 0.3 is 5.97 Å². The van der Waals surface area contributed by atoms with Crippen molar-refractivity contribution in [3.05, 3.63) is 29.3 Å². The minimum Gasteiger partial charge on any atom is -0.497 e. The predicted octanol–water partition coefficient (Wildman–Crippen LogP) is 2.11. The molecule has 0 radical (unpaired) electrons. The summed E-state index contributed by atoms with van der Waals surface area (Å²) in [5, 5.41) is 10.9. The number of hydrogen-bond donors (Lipinski definition) is 1. The molecule has 0 aliphatic heterocycles. The maximum atomic E-state index is 11.9. The van der Waals surface area contributed by atoms with Crippen molar-refractivity contribution in [2.75, 3.05) is 14.2 Å². The molecule has 0 spiro atoms. The summed E-state index contributed by atoms with van der Waals surface area (Å²) >= 11 is 0. The van der Waals surface area contributed by atoms with E-state index in [0.717, 1.165) is 17.7 Å². The summed E-state index contributed by atoms with van der Waals surface area (Å²) in [6.45, 7) is 1.90. The molecule has 0 saturated heterocycles. The monoisotopic (exact) mass is 278 g/mol. The van der Waals surface area contributed by atoms with E-state index in [4.69, 9.17) is 9.47 Å². The molecule has 0 amide bonds. The number of aryl methyl sites for hydroxylation is 1. The van der Waals surface area contributed by atoms with Crippen LogP contribution in [-0.4, -0.2) is 30.9 Å². The fraction of sp³-hybridized carbons (Fsp3) is 0.562. The van der Waals surface area contributed by atoms with Crippen molar-refractivity contribution in [1.29, 1.82) is 0 Å². The van der Waals surface area contributed by atoms with Crippen molar-refractivity contribution in [2.24, 2.45) is 5.92 Å². The van der Waals surface area contributed by atoms with Gasteiger partial charge in [-0.2, -0.15) is 0 Å². The van der Waals surface area contributed by atoms with Crippen LogP contribution < -0.4 is 4.74 Å². The van der Waals surface area contributed by atoms with E-state index in [-0.39, 0.29) is 5.97 Å². The lowest BCUT2D eigenvalue weighted by Crippen LogP contribution is -2.47. The highest BCUT2D eigenvalue weighted by Crippen LogP contribution is 2.37. The minimum atomic E-state index is -1.03. The normalized spacial score (nSPS) is 22.8. The van der Waals surface area contributed by atoms with E-state index >= 15 is 0 Å². The summed E-state index contributed by atoms with van der Waals surface area (Å²) < 4.78 is 10.1. The molecule has 2 atom stereocenters. The van der Waals surface area contributed by atoms with Crippen molar-refractivity contribution in [1.82, 2.24) is 0 Å². The van der Waals surface area contributed by atoms with Crippen LogP contribution in [0.1, 0.15) is 30.9 Å². The SMILES string of the molecule is CCC(C(=O)OC)C1(O)CCc2ccc(OC)cc2C1. The molecule has 1 aromatic rings. The van der Waals surface area contributed by atoms with E-state index in [2.05, 4.69) is 0 Å². The molecule has 1 aliphatic rings. The third kappa shape index (κ3) is 2.66. The molecular weight excluding hydrogens is 256 g/mol. The molecule has 4 nitrogen and oxygen atoms in total. The second kappa shape index (κ2) is 5.83. The van der Waals surface area contributed by atoms with E-state index in [0.29, 0.717) is 19.3 Å². The Morgan fingerprint density at radius 1 is 1.40 bits per heavy atom. The van der Waals surface area contributed by atoms with Gasteiger partial charge in [-0.3, -0.25) is 4.79 Å². The number of esters is 1. The van der Waals surface area contributed by atoms with Crippen LogP contribution in [0.4, 0.5) is 0 Å². The van der Waals surface area contributed by atoms with E-state index in [1.165, 1.54) is 12.7 Å². The van der Waals surface area contributed by atoms with Crippen LogP contribution in [0.5, 0.6) is 5.75 Å². The first-order valence-corrected chi connectivity index (χ1v) is 7.00. The van der Waals surface area contributed by atoms with Crippen LogP contribution in [-0.2, 0) is 22.4 Å². The van der Waals surface area contributed by atoms with Gasteiger partial charge in [0.15, 0.2) is 0 Å². The van der Waals surface area contributed by atoms with Crippen LogP contribution in [0, 0.1) is 5.92 Å². The largest absolute Gasteiger partial charge is 0.497 e. The number of hydrogen-bond acceptors (Lipinski definition) is 4. The molecule has 1 aromatic carbocycles. The van der Waals surface area contributed by atoms with Crippen LogP contribution in [0.2, 0.25) is 0 Å². The van der Waals surface area contributed by atoms with E-state index in [1.807, 2.05) is 25.1 Å². The first-order valence-electron chi connectivity index (χ1n) is 7.00. The molecule has 0 heterocycles. The summed E-state index contributed by atoms with van der Waals surface area (Å²) in [6, 6.07) is 5.91. The highest BCUT2D eigenvalue weighted by Gasteiger charge is 2.43. The van der Waals surface area contributed by atoms with Crippen molar-refractivity contribution in [3.8, 4) is 5.75 Å². The lowest BCUT2D eigenvalue weighted by molar-refractivity contribution is -0.157. The molecule has 20 heavy (non-hydrogen) atoms. The second-order valence-electron chi connectivity index (χ2n) is 5.40. The van der Waals surface area contributed by atoms with Gasteiger partial charge in [0.1, 0.15) is 5.75 Å². The maximum Gasteiger partial charge on any atom is 0.311 e. The van der Waals surface area contributed by atoms with Gasteiger partial charge in [0.2, 0.25) is 0 Å². The fourth-order valence-corrected chi connectivity index (χ4v) is 3.11. The fourth-order valence-electron chi connectivity index (χ4n) is 3.11. The van der Waals surface area contributed by atoms with Crippen LogP contribution in [0.25, 0.3) is 0 Å². The predicted molar refractivity (Wildman–Crippen MR) is 75.8 cm³/mol. The van der Waals surface area contributed by atoms with Gasteiger partial charge in [-0.25, -0.2) is 0 Å².